The largest absolute Gasteiger partial charge is 0.338 e. The molecule has 0 fully saturated rings. The molecule has 1 aromatic carbocycles. The van der Waals surface area contributed by atoms with E-state index in [2.05, 4.69) is 10.1 Å². The Balaban J connectivity index is 1.90. The van der Waals surface area contributed by atoms with Crippen molar-refractivity contribution in [1.82, 2.24) is 10.1 Å². The summed E-state index contributed by atoms with van der Waals surface area (Å²) in [6.07, 6.45) is 1.87. The summed E-state index contributed by atoms with van der Waals surface area (Å²) in [6.45, 7) is 1.94. The SMILES string of the molecule is C[C@@H](SCCS(C)(=O)=O)c1nc(Cc2ccccc2)no1. The summed E-state index contributed by atoms with van der Waals surface area (Å²) in [4.78, 5) is 4.37. The van der Waals surface area contributed by atoms with Crippen molar-refractivity contribution in [3.8, 4) is 0 Å². The summed E-state index contributed by atoms with van der Waals surface area (Å²) in [5, 5.41) is 3.96. The van der Waals surface area contributed by atoms with E-state index in [1.807, 2.05) is 37.3 Å². The Labute approximate surface area is 129 Å². The van der Waals surface area contributed by atoms with Gasteiger partial charge in [0.25, 0.3) is 0 Å². The van der Waals surface area contributed by atoms with E-state index in [0.29, 0.717) is 23.9 Å². The van der Waals surface area contributed by atoms with Crippen molar-refractivity contribution in [1.29, 1.82) is 0 Å². The predicted octanol–water partition coefficient (Wildman–Crippen LogP) is 2.50. The van der Waals surface area contributed by atoms with Gasteiger partial charge in [-0.25, -0.2) is 8.42 Å². The molecule has 0 radical (unpaired) electrons. The number of benzene rings is 1. The molecule has 1 heterocycles. The van der Waals surface area contributed by atoms with E-state index in [1.54, 1.807) is 0 Å². The van der Waals surface area contributed by atoms with Crippen LogP contribution in [0, 0.1) is 0 Å². The van der Waals surface area contributed by atoms with E-state index in [4.69, 9.17) is 4.52 Å². The summed E-state index contributed by atoms with van der Waals surface area (Å²) in [7, 11) is -2.92. The molecule has 1 atom stereocenters. The fourth-order valence-electron chi connectivity index (χ4n) is 1.73. The summed E-state index contributed by atoms with van der Waals surface area (Å²) >= 11 is 1.50. The lowest BCUT2D eigenvalue weighted by Crippen LogP contribution is -2.06. The molecule has 0 N–H and O–H groups in total. The highest BCUT2D eigenvalue weighted by Gasteiger charge is 2.15. The van der Waals surface area contributed by atoms with Crippen molar-refractivity contribution in [2.24, 2.45) is 0 Å². The number of hydrogen-bond donors (Lipinski definition) is 0. The number of rotatable bonds is 7. The van der Waals surface area contributed by atoms with Crippen LogP contribution in [0.3, 0.4) is 0 Å². The van der Waals surface area contributed by atoms with Gasteiger partial charge in [0.1, 0.15) is 9.84 Å². The van der Waals surface area contributed by atoms with Crippen LogP contribution < -0.4 is 0 Å². The molecule has 0 unspecified atom stereocenters. The molecule has 0 spiro atoms. The van der Waals surface area contributed by atoms with Gasteiger partial charge in [-0.05, 0) is 12.5 Å². The molecule has 0 saturated heterocycles. The van der Waals surface area contributed by atoms with Crippen molar-refractivity contribution in [3.63, 3.8) is 0 Å². The van der Waals surface area contributed by atoms with Crippen molar-refractivity contribution < 1.29 is 12.9 Å². The normalized spacial score (nSPS) is 13.2. The maximum atomic E-state index is 11.1. The van der Waals surface area contributed by atoms with Crippen LogP contribution in [0.4, 0.5) is 0 Å². The molecular weight excluding hydrogens is 308 g/mol. The van der Waals surface area contributed by atoms with Crippen LogP contribution >= 0.6 is 11.8 Å². The van der Waals surface area contributed by atoms with Gasteiger partial charge in [0.2, 0.25) is 5.89 Å². The van der Waals surface area contributed by atoms with Crippen molar-refractivity contribution in [2.45, 2.75) is 18.6 Å². The maximum Gasteiger partial charge on any atom is 0.239 e. The van der Waals surface area contributed by atoms with E-state index >= 15 is 0 Å². The van der Waals surface area contributed by atoms with Crippen LogP contribution in [0.1, 0.15) is 29.5 Å². The van der Waals surface area contributed by atoms with E-state index in [1.165, 1.54) is 18.0 Å². The molecule has 0 aliphatic heterocycles. The second-order valence-corrected chi connectivity index (χ2v) is 8.56. The van der Waals surface area contributed by atoms with Crippen LogP contribution in [0.5, 0.6) is 0 Å². The minimum atomic E-state index is -2.92. The first kappa shape index (κ1) is 16.0. The number of aromatic nitrogens is 2. The van der Waals surface area contributed by atoms with Crippen LogP contribution in [0.25, 0.3) is 0 Å². The Kier molecular flexibility index (Phi) is 5.41. The zero-order valence-corrected chi connectivity index (χ0v) is 13.7. The Bertz CT molecular complexity index is 669. The van der Waals surface area contributed by atoms with Gasteiger partial charge in [-0.3, -0.25) is 0 Å². The Morgan fingerprint density at radius 1 is 1.29 bits per heavy atom. The molecule has 2 aromatic rings. The third kappa shape index (κ3) is 5.51. The highest BCUT2D eigenvalue weighted by Crippen LogP contribution is 2.26. The third-order valence-electron chi connectivity index (χ3n) is 2.86. The highest BCUT2D eigenvalue weighted by atomic mass is 32.2. The first-order valence-electron chi connectivity index (χ1n) is 6.60. The van der Waals surface area contributed by atoms with Gasteiger partial charge in [-0.2, -0.15) is 4.98 Å². The minimum absolute atomic E-state index is 0.0104. The Morgan fingerprint density at radius 2 is 2.00 bits per heavy atom. The van der Waals surface area contributed by atoms with Crippen LogP contribution in [0.15, 0.2) is 34.9 Å². The predicted molar refractivity (Wildman–Crippen MR) is 84.1 cm³/mol. The molecule has 2 rings (SSSR count). The average molecular weight is 326 g/mol. The molecule has 5 nitrogen and oxygen atoms in total. The standard InChI is InChI=1S/C14H18N2O3S2/c1-11(20-8-9-21(2,17)18)14-15-13(16-19-14)10-12-6-4-3-5-7-12/h3-7,11H,8-10H2,1-2H3/t11-/m1/s1. The lowest BCUT2D eigenvalue weighted by molar-refractivity contribution is 0.375. The van der Waals surface area contributed by atoms with Crippen molar-refractivity contribution >= 4 is 21.6 Å². The van der Waals surface area contributed by atoms with Gasteiger partial charge < -0.3 is 4.52 Å². The number of sulfone groups is 1. The van der Waals surface area contributed by atoms with Gasteiger partial charge in [-0.15, -0.1) is 11.8 Å². The van der Waals surface area contributed by atoms with Crippen LogP contribution in [0.2, 0.25) is 0 Å². The lowest BCUT2D eigenvalue weighted by Gasteiger charge is -2.04. The van der Waals surface area contributed by atoms with E-state index in [-0.39, 0.29) is 11.0 Å². The van der Waals surface area contributed by atoms with E-state index in [0.717, 1.165) is 5.56 Å². The molecular formula is C14H18N2O3S2. The molecule has 0 aliphatic rings. The maximum absolute atomic E-state index is 11.1. The quantitative estimate of drug-likeness (QED) is 0.778. The van der Waals surface area contributed by atoms with Gasteiger partial charge in [-0.1, -0.05) is 35.5 Å². The van der Waals surface area contributed by atoms with Gasteiger partial charge in [0.05, 0.1) is 11.0 Å². The topological polar surface area (TPSA) is 73.1 Å². The Hall–Kier alpha value is -1.34. The highest BCUT2D eigenvalue weighted by molar-refractivity contribution is 8.00. The molecule has 0 saturated carbocycles. The van der Waals surface area contributed by atoms with Crippen molar-refractivity contribution in [3.05, 3.63) is 47.6 Å². The van der Waals surface area contributed by atoms with E-state index in [9.17, 15) is 8.42 Å². The minimum Gasteiger partial charge on any atom is -0.338 e. The summed E-state index contributed by atoms with van der Waals surface area (Å²) in [5.74, 6) is 1.87. The number of hydrogen-bond acceptors (Lipinski definition) is 6. The monoisotopic (exact) mass is 326 g/mol. The summed E-state index contributed by atoms with van der Waals surface area (Å²) in [6, 6.07) is 9.94. The molecule has 1 aromatic heterocycles. The van der Waals surface area contributed by atoms with Crippen LogP contribution in [-0.4, -0.2) is 36.3 Å². The zero-order valence-electron chi connectivity index (χ0n) is 12.0. The molecule has 0 bridgehead atoms. The molecule has 0 aliphatic carbocycles. The summed E-state index contributed by atoms with van der Waals surface area (Å²) < 4.78 is 27.4. The molecule has 114 valence electrons. The smallest absolute Gasteiger partial charge is 0.239 e. The number of nitrogens with zero attached hydrogens (tertiary/aromatic N) is 2. The van der Waals surface area contributed by atoms with Gasteiger partial charge >= 0.3 is 0 Å². The fourth-order valence-corrected chi connectivity index (χ4v) is 3.92. The lowest BCUT2D eigenvalue weighted by atomic mass is 10.1. The Morgan fingerprint density at radius 3 is 2.67 bits per heavy atom. The second kappa shape index (κ2) is 7.09. The molecule has 21 heavy (non-hydrogen) atoms. The number of thioether (sulfide) groups is 1. The second-order valence-electron chi connectivity index (χ2n) is 4.85. The average Bonchev–Trinajstić information content (AvgIpc) is 2.87. The first-order chi connectivity index (χ1) is 9.94. The molecule has 0 amide bonds. The first-order valence-corrected chi connectivity index (χ1v) is 9.71. The fraction of sp³-hybridized carbons (Fsp3) is 0.429. The summed E-state index contributed by atoms with van der Waals surface area (Å²) in [5.41, 5.74) is 1.13. The third-order valence-corrected chi connectivity index (χ3v) is 5.20. The van der Waals surface area contributed by atoms with Crippen LogP contribution in [-0.2, 0) is 16.3 Å². The van der Waals surface area contributed by atoms with Gasteiger partial charge in [0, 0.05) is 18.4 Å². The van der Waals surface area contributed by atoms with Crippen molar-refractivity contribution in [2.75, 3.05) is 17.8 Å². The van der Waals surface area contributed by atoms with E-state index < -0.39 is 9.84 Å². The zero-order chi connectivity index (χ0) is 15.3. The van der Waals surface area contributed by atoms with Gasteiger partial charge in [0.15, 0.2) is 5.82 Å². The molecule has 7 heteroatoms.